The molecule has 15 heavy (non-hydrogen) atoms. The van der Waals surface area contributed by atoms with E-state index in [1.807, 2.05) is 7.05 Å². The number of nitrogens with one attached hydrogen (secondary N) is 1. The van der Waals surface area contributed by atoms with E-state index in [-0.39, 0.29) is 4.91 Å². The normalized spacial score (nSPS) is 15.0. The molecule has 0 aromatic rings. The molecule has 88 valence electrons. The largest absolute Gasteiger partial charge is 0.320 e. The third-order valence-electron chi connectivity index (χ3n) is 2.14. The van der Waals surface area contributed by atoms with Crippen LogP contribution in [0, 0.1) is 5.92 Å². The summed E-state index contributed by atoms with van der Waals surface area (Å²) in [6.07, 6.45) is 4.60. The lowest BCUT2D eigenvalue weighted by Crippen LogP contribution is -2.14. The van der Waals surface area contributed by atoms with E-state index < -0.39 is 10.0 Å². The molecule has 0 heterocycles. The van der Waals surface area contributed by atoms with Crippen molar-refractivity contribution in [2.45, 2.75) is 19.8 Å². The monoisotopic (exact) mass is 232 g/mol. The topological polar surface area (TPSA) is 72.2 Å². The van der Waals surface area contributed by atoms with E-state index in [2.05, 4.69) is 18.8 Å². The molecular weight excluding hydrogens is 212 g/mol. The fourth-order valence-electron chi connectivity index (χ4n) is 1.14. The second-order valence-corrected chi connectivity index (χ2v) is 5.15. The van der Waals surface area contributed by atoms with Crippen LogP contribution < -0.4 is 10.5 Å². The summed E-state index contributed by atoms with van der Waals surface area (Å²) in [4.78, 5) is 0.110. The first-order chi connectivity index (χ1) is 6.91. The lowest BCUT2D eigenvalue weighted by molar-refractivity contribution is 0.523. The molecule has 5 heteroatoms. The van der Waals surface area contributed by atoms with Crippen LogP contribution >= 0.6 is 0 Å². The first-order valence-corrected chi connectivity index (χ1v) is 6.46. The second kappa shape index (κ2) is 6.76. The zero-order chi connectivity index (χ0) is 11.9. The van der Waals surface area contributed by atoms with E-state index in [1.54, 1.807) is 6.08 Å². The molecule has 0 saturated carbocycles. The molecule has 0 fully saturated rings. The highest BCUT2D eigenvalue weighted by atomic mass is 32.2. The summed E-state index contributed by atoms with van der Waals surface area (Å²) in [6.45, 7) is 6.42. The van der Waals surface area contributed by atoms with Gasteiger partial charge in [0.1, 0.15) is 0 Å². The van der Waals surface area contributed by atoms with E-state index in [4.69, 9.17) is 5.14 Å². The first-order valence-electron chi connectivity index (χ1n) is 4.91. The Kier molecular flexibility index (Phi) is 6.47. The minimum atomic E-state index is -3.60. The summed E-state index contributed by atoms with van der Waals surface area (Å²) < 4.78 is 22.0. The highest BCUT2D eigenvalue weighted by Crippen LogP contribution is 2.12. The van der Waals surface area contributed by atoms with E-state index in [0.717, 1.165) is 13.0 Å². The number of sulfonamides is 1. The molecule has 0 amide bonds. The average molecular weight is 232 g/mol. The molecule has 0 aliphatic rings. The van der Waals surface area contributed by atoms with Gasteiger partial charge < -0.3 is 5.32 Å². The van der Waals surface area contributed by atoms with Gasteiger partial charge in [-0.3, -0.25) is 0 Å². The van der Waals surface area contributed by atoms with Crippen molar-refractivity contribution in [3.63, 3.8) is 0 Å². The van der Waals surface area contributed by atoms with Crippen LogP contribution in [-0.4, -0.2) is 22.0 Å². The van der Waals surface area contributed by atoms with Gasteiger partial charge in [0.25, 0.3) is 0 Å². The molecule has 0 aromatic carbocycles. The van der Waals surface area contributed by atoms with Crippen LogP contribution in [0.15, 0.2) is 23.6 Å². The number of nitrogens with two attached hydrogens (primary N) is 1. The number of hydrogen-bond acceptors (Lipinski definition) is 3. The Morgan fingerprint density at radius 3 is 2.60 bits per heavy atom. The summed E-state index contributed by atoms with van der Waals surface area (Å²) in [6, 6.07) is 0. The zero-order valence-corrected chi connectivity index (χ0v) is 10.2. The third kappa shape index (κ3) is 6.43. The average Bonchev–Trinajstić information content (AvgIpc) is 2.13. The van der Waals surface area contributed by atoms with Crippen molar-refractivity contribution in [2.75, 3.05) is 13.6 Å². The Labute approximate surface area is 92.3 Å². The van der Waals surface area contributed by atoms with Gasteiger partial charge in [-0.1, -0.05) is 19.6 Å². The van der Waals surface area contributed by atoms with Crippen LogP contribution in [0.2, 0.25) is 0 Å². The van der Waals surface area contributed by atoms with Crippen LogP contribution in [0.1, 0.15) is 19.8 Å². The van der Waals surface area contributed by atoms with Gasteiger partial charge >= 0.3 is 0 Å². The zero-order valence-electron chi connectivity index (χ0n) is 9.36. The van der Waals surface area contributed by atoms with Gasteiger partial charge in [0.15, 0.2) is 0 Å². The summed E-state index contributed by atoms with van der Waals surface area (Å²) in [7, 11) is -1.71. The van der Waals surface area contributed by atoms with Gasteiger partial charge in [0, 0.05) is 0 Å². The Bertz CT molecular complexity index is 320. The molecule has 0 rings (SSSR count). The van der Waals surface area contributed by atoms with Crippen LogP contribution in [-0.2, 0) is 10.0 Å². The summed E-state index contributed by atoms with van der Waals surface area (Å²) in [5.41, 5.74) is 0. The van der Waals surface area contributed by atoms with Crippen molar-refractivity contribution in [2.24, 2.45) is 11.1 Å². The quantitative estimate of drug-likeness (QED) is 0.643. The third-order valence-corrected chi connectivity index (χ3v) is 3.13. The van der Waals surface area contributed by atoms with Crippen LogP contribution in [0.5, 0.6) is 0 Å². The maximum atomic E-state index is 11.0. The van der Waals surface area contributed by atoms with E-state index >= 15 is 0 Å². The van der Waals surface area contributed by atoms with Gasteiger partial charge in [0.05, 0.1) is 4.91 Å². The maximum absolute atomic E-state index is 11.0. The summed E-state index contributed by atoms with van der Waals surface area (Å²) in [5, 5.41) is 8.04. The minimum Gasteiger partial charge on any atom is -0.320 e. The van der Waals surface area contributed by atoms with Crippen molar-refractivity contribution in [3.05, 3.63) is 23.6 Å². The smallest absolute Gasteiger partial charge is 0.237 e. The number of rotatable bonds is 7. The van der Waals surface area contributed by atoms with Crippen LogP contribution in [0.3, 0.4) is 0 Å². The highest BCUT2D eigenvalue weighted by molar-refractivity contribution is 7.93. The molecule has 0 aliphatic carbocycles. The molecule has 0 spiro atoms. The van der Waals surface area contributed by atoms with Crippen molar-refractivity contribution in [1.29, 1.82) is 0 Å². The van der Waals surface area contributed by atoms with Gasteiger partial charge in [-0.2, -0.15) is 0 Å². The standard InChI is InChI=1S/C10H20N2O2S/c1-4-10(15(11,13)14)6-5-9(2)7-8-12-3/h4,6,9,12H,1,5,7-8H2,2-3H3,(H2,11,13,14)/b10-6+/t9-/m0/s1. The van der Waals surface area contributed by atoms with Gasteiger partial charge in [0.2, 0.25) is 10.0 Å². The highest BCUT2D eigenvalue weighted by Gasteiger charge is 2.08. The molecule has 0 unspecified atom stereocenters. The molecule has 0 aliphatic heterocycles. The van der Waals surface area contributed by atoms with Crippen molar-refractivity contribution < 1.29 is 8.42 Å². The van der Waals surface area contributed by atoms with Crippen molar-refractivity contribution in [3.8, 4) is 0 Å². The molecule has 0 radical (unpaired) electrons. The Balaban J connectivity index is 4.30. The van der Waals surface area contributed by atoms with E-state index in [9.17, 15) is 8.42 Å². The SMILES string of the molecule is C=C/C(=C\C[C@H](C)CCNC)S(N)(=O)=O. The summed E-state index contributed by atoms with van der Waals surface area (Å²) >= 11 is 0. The minimum absolute atomic E-state index is 0.110. The summed E-state index contributed by atoms with van der Waals surface area (Å²) in [5.74, 6) is 0.425. The Morgan fingerprint density at radius 2 is 2.20 bits per heavy atom. The van der Waals surface area contributed by atoms with Crippen LogP contribution in [0.4, 0.5) is 0 Å². The molecule has 0 bridgehead atoms. The first kappa shape index (κ1) is 14.3. The molecular formula is C10H20N2O2S. The predicted molar refractivity (Wildman–Crippen MR) is 63.7 cm³/mol. The van der Waals surface area contributed by atoms with E-state index in [1.165, 1.54) is 6.08 Å². The predicted octanol–water partition coefficient (Wildman–Crippen LogP) is 0.980. The molecule has 1 atom stereocenters. The van der Waals surface area contributed by atoms with Crippen molar-refractivity contribution in [1.82, 2.24) is 5.32 Å². The molecule has 3 N–H and O–H groups in total. The Hall–Kier alpha value is -0.650. The van der Waals surface area contributed by atoms with Crippen LogP contribution in [0.25, 0.3) is 0 Å². The lowest BCUT2D eigenvalue weighted by Gasteiger charge is -2.08. The van der Waals surface area contributed by atoms with E-state index in [0.29, 0.717) is 12.3 Å². The number of primary sulfonamides is 1. The Morgan fingerprint density at radius 1 is 1.60 bits per heavy atom. The van der Waals surface area contributed by atoms with Gasteiger partial charge in [-0.15, -0.1) is 0 Å². The van der Waals surface area contributed by atoms with Gasteiger partial charge in [-0.05, 0) is 38.4 Å². The van der Waals surface area contributed by atoms with Gasteiger partial charge in [-0.25, -0.2) is 13.6 Å². The number of allylic oxidation sites excluding steroid dienone is 2. The number of hydrogen-bond donors (Lipinski definition) is 2. The fourth-order valence-corrected chi connectivity index (χ4v) is 1.70. The van der Waals surface area contributed by atoms with Crippen molar-refractivity contribution >= 4 is 10.0 Å². The fraction of sp³-hybridized carbons (Fsp3) is 0.600. The second-order valence-electron chi connectivity index (χ2n) is 3.59. The lowest BCUT2D eigenvalue weighted by atomic mass is 10.0. The molecule has 4 nitrogen and oxygen atoms in total. The molecule has 0 saturated heterocycles. The maximum Gasteiger partial charge on any atom is 0.237 e. The molecule has 0 aromatic heterocycles.